The lowest BCUT2D eigenvalue weighted by atomic mass is 9.97. The predicted octanol–water partition coefficient (Wildman–Crippen LogP) is 3.97. The molecule has 112 valence electrons. The minimum absolute atomic E-state index is 0.358. The van der Waals surface area contributed by atoms with Crippen LogP contribution in [0.5, 0.6) is 0 Å². The molecule has 5 heteroatoms. The van der Waals surface area contributed by atoms with Crippen molar-refractivity contribution in [1.82, 2.24) is 10.3 Å². The highest BCUT2D eigenvalue weighted by Gasteiger charge is 2.31. The van der Waals surface area contributed by atoms with Crippen LogP contribution in [0.2, 0.25) is 0 Å². The lowest BCUT2D eigenvalue weighted by Crippen LogP contribution is -2.21. The van der Waals surface area contributed by atoms with Gasteiger partial charge in [0.1, 0.15) is 0 Å². The maximum absolute atomic E-state index is 12.8. The maximum Gasteiger partial charge on any atom is 0.416 e. The second-order valence-corrected chi connectivity index (χ2v) is 4.75. The third-order valence-electron chi connectivity index (χ3n) is 3.42. The monoisotopic (exact) mass is 294 g/mol. The quantitative estimate of drug-likeness (QED) is 0.923. The van der Waals surface area contributed by atoms with Gasteiger partial charge in [0.2, 0.25) is 0 Å². The lowest BCUT2D eigenvalue weighted by Gasteiger charge is -2.20. The van der Waals surface area contributed by atoms with Crippen LogP contribution >= 0.6 is 0 Å². The first-order valence-corrected chi connectivity index (χ1v) is 6.75. The van der Waals surface area contributed by atoms with E-state index in [4.69, 9.17) is 0 Å². The van der Waals surface area contributed by atoms with Gasteiger partial charge < -0.3 is 5.32 Å². The van der Waals surface area contributed by atoms with Crippen molar-refractivity contribution in [3.63, 3.8) is 0 Å². The summed E-state index contributed by atoms with van der Waals surface area (Å²) in [5.41, 5.74) is 1.70. The van der Waals surface area contributed by atoms with E-state index in [1.54, 1.807) is 19.3 Å². The van der Waals surface area contributed by atoms with Crippen LogP contribution in [0.25, 0.3) is 0 Å². The molecule has 2 rings (SSSR count). The number of nitrogens with one attached hydrogen (secondary N) is 1. The molecule has 0 spiro atoms. The third kappa shape index (κ3) is 3.42. The van der Waals surface area contributed by atoms with E-state index in [1.165, 1.54) is 12.1 Å². The molecule has 0 aliphatic carbocycles. The first kappa shape index (κ1) is 15.5. The van der Waals surface area contributed by atoms with Gasteiger partial charge in [-0.1, -0.05) is 25.1 Å². The molecule has 0 fully saturated rings. The van der Waals surface area contributed by atoms with Gasteiger partial charge in [-0.25, -0.2) is 0 Å². The van der Waals surface area contributed by atoms with Gasteiger partial charge in [-0.2, -0.15) is 13.2 Å². The number of alkyl halides is 3. The molecular formula is C16H17F3N2. The van der Waals surface area contributed by atoms with Crippen molar-refractivity contribution in [2.24, 2.45) is 0 Å². The molecular weight excluding hydrogens is 277 g/mol. The second-order valence-electron chi connectivity index (χ2n) is 4.75. The summed E-state index contributed by atoms with van der Waals surface area (Å²) in [6.07, 6.45) is -1.90. The molecule has 0 bridgehead atoms. The number of nitrogens with zero attached hydrogens (tertiary/aromatic N) is 1. The average molecular weight is 294 g/mol. The molecule has 0 aliphatic rings. The second kappa shape index (κ2) is 6.26. The van der Waals surface area contributed by atoms with Crippen LogP contribution in [0, 0.1) is 0 Å². The lowest BCUT2D eigenvalue weighted by molar-refractivity contribution is -0.137. The van der Waals surface area contributed by atoms with Crippen LogP contribution in [0.4, 0.5) is 13.2 Å². The molecule has 1 aromatic heterocycles. The summed E-state index contributed by atoms with van der Waals surface area (Å²) in [4.78, 5) is 4.35. The fourth-order valence-corrected chi connectivity index (χ4v) is 2.37. The summed E-state index contributed by atoms with van der Waals surface area (Å²) in [6, 6.07) is 8.79. The first-order valence-electron chi connectivity index (χ1n) is 6.75. The molecule has 1 unspecified atom stereocenters. The molecule has 1 atom stereocenters. The van der Waals surface area contributed by atoms with Crippen molar-refractivity contribution in [3.8, 4) is 0 Å². The zero-order valence-electron chi connectivity index (χ0n) is 11.9. The molecule has 0 saturated heterocycles. The number of aromatic nitrogens is 1. The van der Waals surface area contributed by atoms with Crippen LogP contribution in [0.15, 0.2) is 42.6 Å². The Morgan fingerprint density at radius 2 is 1.95 bits per heavy atom. The summed E-state index contributed by atoms with van der Waals surface area (Å²) >= 11 is 0. The fraction of sp³-hybridized carbons (Fsp3) is 0.312. The molecule has 1 aromatic carbocycles. The molecule has 0 aliphatic heterocycles. The largest absolute Gasteiger partial charge is 0.416 e. The predicted molar refractivity (Wildman–Crippen MR) is 76.0 cm³/mol. The van der Waals surface area contributed by atoms with E-state index < -0.39 is 11.7 Å². The van der Waals surface area contributed by atoms with E-state index in [2.05, 4.69) is 10.3 Å². The zero-order valence-corrected chi connectivity index (χ0v) is 11.9. The van der Waals surface area contributed by atoms with Gasteiger partial charge in [-0.3, -0.25) is 4.98 Å². The van der Waals surface area contributed by atoms with Gasteiger partial charge in [-0.15, -0.1) is 0 Å². The van der Waals surface area contributed by atoms with Crippen LogP contribution in [-0.4, -0.2) is 12.0 Å². The van der Waals surface area contributed by atoms with Gasteiger partial charge >= 0.3 is 6.18 Å². The number of pyridine rings is 1. The molecule has 0 amide bonds. The fourth-order valence-electron chi connectivity index (χ4n) is 2.37. The van der Waals surface area contributed by atoms with E-state index in [0.29, 0.717) is 5.56 Å². The highest BCUT2D eigenvalue weighted by atomic mass is 19.4. The molecule has 1 heterocycles. The first-order chi connectivity index (χ1) is 9.97. The Labute approximate surface area is 122 Å². The summed E-state index contributed by atoms with van der Waals surface area (Å²) in [7, 11) is 1.72. The Bertz CT molecular complexity index is 608. The summed E-state index contributed by atoms with van der Waals surface area (Å²) in [6.45, 7) is 2.00. The molecule has 1 N–H and O–H groups in total. The van der Waals surface area contributed by atoms with Gasteiger partial charge in [0, 0.05) is 6.20 Å². The minimum Gasteiger partial charge on any atom is -0.308 e. The Hall–Kier alpha value is -1.88. The molecule has 2 nitrogen and oxygen atoms in total. The van der Waals surface area contributed by atoms with Gasteiger partial charge in [0.15, 0.2) is 0 Å². The van der Waals surface area contributed by atoms with Gasteiger partial charge in [0.25, 0.3) is 0 Å². The van der Waals surface area contributed by atoms with E-state index in [1.807, 2.05) is 19.1 Å². The molecule has 0 radical (unpaired) electrons. The van der Waals surface area contributed by atoms with Crippen molar-refractivity contribution in [1.29, 1.82) is 0 Å². The maximum atomic E-state index is 12.8. The molecule has 2 aromatic rings. The van der Waals surface area contributed by atoms with Gasteiger partial charge in [0.05, 0.1) is 17.3 Å². The number of hydrogen-bond acceptors (Lipinski definition) is 2. The Morgan fingerprint density at radius 3 is 2.57 bits per heavy atom. The Balaban J connectivity index is 2.47. The van der Waals surface area contributed by atoms with E-state index in [0.717, 1.165) is 23.7 Å². The van der Waals surface area contributed by atoms with E-state index in [9.17, 15) is 13.2 Å². The van der Waals surface area contributed by atoms with Crippen LogP contribution in [0.1, 0.15) is 35.3 Å². The van der Waals surface area contributed by atoms with Crippen molar-refractivity contribution in [2.45, 2.75) is 25.6 Å². The standard InChI is InChI=1S/C16H17F3N2/c1-3-11-7-5-9-21-15(11)14(20-2)12-6-4-8-13(10-12)16(17,18)19/h4-10,14,20H,3H2,1-2H3. The topological polar surface area (TPSA) is 24.9 Å². The van der Waals surface area contributed by atoms with E-state index >= 15 is 0 Å². The van der Waals surface area contributed by atoms with Crippen molar-refractivity contribution < 1.29 is 13.2 Å². The number of aryl methyl sites for hydroxylation is 1. The van der Waals surface area contributed by atoms with Gasteiger partial charge in [-0.05, 0) is 42.8 Å². The number of rotatable bonds is 4. The summed E-state index contributed by atoms with van der Waals surface area (Å²) in [5, 5.41) is 3.06. The Morgan fingerprint density at radius 1 is 1.19 bits per heavy atom. The third-order valence-corrected chi connectivity index (χ3v) is 3.42. The van der Waals surface area contributed by atoms with Crippen molar-refractivity contribution in [3.05, 3.63) is 65.0 Å². The highest BCUT2D eigenvalue weighted by molar-refractivity contribution is 5.35. The summed E-state index contributed by atoms with van der Waals surface area (Å²) in [5.74, 6) is 0. The van der Waals surface area contributed by atoms with Crippen LogP contribution < -0.4 is 5.32 Å². The minimum atomic E-state index is -4.34. The Kier molecular flexibility index (Phi) is 4.63. The van der Waals surface area contributed by atoms with Crippen LogP contribution in [0.3, 0.4) is 0 Å². The number of hydrogen-bond donors (Lipinski definition) is 1. The number of benzene rings is 1. The SMILES string of the molecule is CCc1cccnc1C(NC)c1cccc(C(F)(F)F)c1. The molecule has 21 heavy (non-hydrogen) atoms. The normalized spacial score (nSPS) is 13.2. The van der Waals surface area contributed by atoms with Crippen molar-refractivity contribution in [2.75, 3.05) is 7.05 Å². The highest BCUT2D eigenvalue weighted by Crippen LogP contribution is 2.32. The average Bonchev–Trinajstić information content (AvgIpc) is 2.48. The zero-order chi connectivity index (χ0) is 15.5. The smallest absolute Gasteiger partial charge is 0.308 e. The summed E-state index contributed by atoms with van der Waals surface area (Å²) < 4.78 is 38.5. The molecule has 0 saturated carbocycles. The van der Waals surface area contributed by atoms with E-state index in [-0.39, 0.29) is 6.04 Å². The van der Waals surface area contributed by atoms with Crippen molar-refractivity contribution >= 4 is 0 Å². The van der Waals surface area contributed by atoms with Crippen LogP contribution in [-0.2, 0) is 12.6 Å². The number of halogens is 3.